The minimum atomic E-state index is -0.594. The predicted molar refractivity (Wildman–Crippen MR) is 110 cm³/mol. The molecule has 1 amide bonds. The monoisotopic (exact) mass is 383 g/mol. The fourth-order valence-corrected chi connectivity index (χ4v) is 3.50. The Morgan fingerprint density at radius 1 is 1.07 bits per heavy atom. The summed E-state index contributed by atoms with van der Waals surface area (Å²) >= 11 is 0. The van der Waals surface area contributed by atoms with Crippen molar-refractivity contribution in [3.63, 3.8) is 0 Å². The smallest absolute Gasteiger partial charge is 0.267 e. The summed E-state index contributed by atoms with van der Waals surface area (Å²) in [5.41, 5.74) is 9.87. The van der Waals surface area contributed by atoms with Gasteiger partial charge in [-0.3, -0.25) is 9.89 Å². The highest BCUT2D eigenvalue weighted by molar-refractivity contribution is 6.07. The van der Waals surface area contributed by atoms with Crippen LogP contribution < -0.4 is 10.5 Å². The summed E-state index contributed by atoms with van der Waals surface area (Å²) in [5.74, 6) is 0.153. The van der Waals surface area contributed by atoms with E-state index in [4.69, 9.17) is 10.5 Å². The van der Waals surface area contributed by atoms with Gasteiger partial charge in [0, 0.05) is 28.0 Å². The van der Waals surface area contributed by atoms with Gasteiger partial charge < -0.3 is 15.5 Å². The summed E-state index contributed by atoms with van der Waals surface area (Å²) in [6.45, 7) is 0.453. The Kier molecular flexibility index (Phi) is 3.98. The highest BCUT2D eigenvalue weighted by Crippen LogP contribution is 2.38. The quantitative estimate of drug-likeness (QED) is 0.429. The third kappa shape index (κ3) is 2.98. The van der Waals surface area contributed by atoms with E-state index in [0.29, 0.717) is 12.3 Å². The number of hydrogen-bond acceptors (Lipinski definition) is 4. The first-order chi connectivity index (χ1) is 14.2. The third-order valence-electron chi connectivity index (χ3n) is 4.87. The van der Waals surface area contributed by atoms with E-state index in [9.17, 15) is 4.79 Å². The van der Waals surface area contributed by atoms with E-state index in [0.717, 1.165) is 38.7 Å². The third-order valence-corrected chi connectivity index (χ3v) is 4.87. The number of amides is 1. The molecule has 142 valence electrons. The van der Waals surface area contributed by atoms with Crippen molar-refractivity contribution >= 4 is 27.8 Å². The summed E-state index contributed by atoms with van der Waals surface area (Å²) in [7, 11) is 0. The Morgan fingerprint density at radius 3 is 2.76 bits per heavy atom. The van der Waals surface area contributed by atoms with Gasteiger partial charge in [-0.1, -0.05) is 36.4 Å². The number of fused-ring (bicyclic) bond motifs is 2. The summed E-state index contributed by atoms with van der Waals surface area (Å²) in [4.78, 5) is 19.3. The number of aromatic amines is 2. The minimum Gasteiger partial charge on any atom is -0.488 e. The predicted octanol–water partition coefficient (Wildman–Crippen LogP) is 3.78. The van der Waals surface area contributed by atoms with Crippen LogP contribution >= 0.6 is 0 Å². The number of nitrogens with zero attached hydrogens (tertiary/aromatic N) is 2. The molecule has 7 heteroatoms. The van der Waals surface area contributed by atoms with E-state index in [1.807, 2.05) is 54.7 Å². The van der Waals surface area contributed by atoms with Crippen molar-refractivity contribution < 1.29 is 9.53 Å². The zero-order valence-corrected chi connectivity index (χ0v) is 15.3. The number of pyridine rings is 1. The number of H-pyrrole nitrogens is 2. The van der Waals surface area contributed by atoms with Crippen LogP contribution in [0.3, 0.4) is 0 Å². The molecule has 0 atom stereocenters. The van der Waals surface area contributed by atoms with E-state index in [2.05, 4.69) is 20.2 Å². The maximum absolute atomic E-state index is 11.8. The molecule has 3 aromatic heterocycles. The number of benzene rings is 2. The standard InChI is InChI=1S/C22H17N5O2/c23-21(28)18-9-14(16-11-25-27-22(16)26-18)15-10-24-17-7-4-8-19(20(15)17)29-12-13-5-2-1-3-6-13/h1-11,24H,12H2,(H2,23,28)(H,25,26,27). The van der Waals surface area contributed by atoms with Crippen LogP contribution in [0.1, 0.15) is 16.1 Å². The summed E-state index contributed by atoms with van der Waals surface area (Å²) in [6.07, 6.45) is 3.58. The normalized spacial score (nSPS) is 11.2. The highest BCUT2D eigenvalue weighted by atomic mass is 16.5. The van der Waals surface area contributed by atoms with Crippen molar-refractivity contribution in [2.24, 2.45) is 5.73 Å². The van der Waals surface area contributed by atoms with Crippen LogP contribution in [-0.4, -0.2) is 26.1 Å². The maximum Gasteiger partial charge on any atom is 0.267 e. The zero-order chi connectivity index (χ0) is 19.8. The number of nitrogens with one attached hydrogen (secondary N) is 2. The van der Waals surface area contributed by atoms with Crippen molar-refractivity contribution in [1.82, 2.24) is 20.2 Å². The molecule has 5 aromatic rings. The molecule has 0 aliphatic heterocycles. The Hall–Kier alpha value is -4.13. The van der Waals surface area contributed by atoms with Crippen LogP contribution in [0.2, 0.25) is 0 Å². The number of hydrogen-bond donors (Lipinski definition) is 3. The Bertz CT molecular complexity index is 1340. The van der Waals surface area contributed by atoms with E-state index in [1.165, 1.54) is 0 Å². The lowest BCUT2D eigenvalue weighted by atomic mass is 10.0. The van der Waals surface area contributed by atoms with Crippen LogP contribution in [0.15, 0.2) is 67.0 Å². The molecule has 0 bridgehead atoms. The molecule has 0 aliphatic carbocycles. The molecule has 0 saturated carbocycles. The number of primary amides is 1. The van der Waals surface area contributed by atoms with Crippen LogP contribution in [0, 0.1) is 0 Å². The molecule has 0 spiro atoms. The number of aromatic nitrogens is 4. The summed E-state index contributed by atoms with van der Waals surface area (Å²) in [5, 5.41) is 8.61. The van der Waals surface area contributed by atoms with Gasteiger partial charge in [-0.15, -0.1) is 0 Å². The van der Waals surface area contributed by atoms with Gasteiger partial charge in [-0.2, -0.15) is 5.10 Å². The second kappa shape index (κ2) is 6.79. The molecule has 0 unspecified atom stereocenters. The van der Waals surface area contributed by atoms with E-state index in [1.54, 1.807) is 12.3 Å². The molecular weight excluding hydrogens is 366 g/mol. The van der Waals surface area contributed by atoms with Gasteiger partial charge in [0.1, 0.15) is 18.1 Å². The fourth-order valence-electron chi connectivity index (χ4n) is 3.50. The summed E-state index contributed by atoms with van der Waals surface area (Å²) < 4.78 is 6.15. The second-order valence-electron chi connectivity index (χ2n) is 6.71. The van der Waals surface area contributed by atoms with Crippen molar-refractivity contribution in [1.29, 1.82) is 0 Å². The minimum absolute atomic E-state index is 0.175. The number of ether oxygens (including phenoxy) is 1. The van der Waals surface area contributed by atoms with Crippen molar-refractivity contribution in [2.45, 2.75) is 6.61 Å². The molecule has 4 N–H and O–H groups in total. The van der Waals surface area contributed by atoms with Gasteiger partial charge in [0.15, 0.2) is 5.65 Å². The van der Waals surface area contributed by atoms with Gasteiger partial charge >= 0.3 is 0 Å². The fraction of sp³-hybridized carbons (Fsp3) is 0.0455. The van der Waals surface area contributed by atoms with Crippen molar-refractivity contribution in [3.05, 3.63) is 78.2 Å². The Morgan fingerprint density at radius 2 is 1.93 bits per heavy atom. The van der Waals surface area contributed by atoms with Crippen LogP contribution in [0.4, 0.5) is 0 Å². The molecule has 0 saturated heterocycles. The summed E-state index contributed by atoms with van der Waals surface area (Å²) in [6, 6.07) is 17.5. The second-order valence-corrected chi connectivity index (χ2v) is 6.71. The van der Waals surface area contributed by atoms with Gasteiger partial charge in [-0.05, 0) is 29.3 Å². The van der Waals surface area contributed by atoms with E-state index >= 15 is 0 Å². The van der Waals surface area contributed by atoms with Crippen LogP contribution in [0.25, 0.3) is 33.1 Å². The SMILES string of the molecule is NC(=O)c1cc(-c2c[nH]c3cccc(OCc4ccccc4)c23)c2cn[nH]c2n1. The van der Waals surface area contributed by atoms with Crippen molar-refractivity contribution in [2.75, 3.05) is 0 Å². The zero-order valence-electron chi connectivity index (χ0n) is 15.3. The van der Waals surface area contributed by atoms with E-state index < -0.39 is 5.91 Å². The lowest BCUT2D eigenvalue weighted by molar-refractivity contribution is 0.0996. The maximum atomic E-state index is 11.8. The molecule has 29 heavy (non-hydrogen) atoms. The Labute approximate surface area is 165 Å². The number of rotatable bonds is 5. The average Bonchev–Trinajstić information content (AvgIpc) is 3.39. The lowest BCUT2D eigenvalue weighted by Crippen LogP contribution is -2.13. The first-order valence-electron chi connectivity index (χ1n) is 9.12. The molecule has 3 heterocycles. The topological polar surface area (TPSA) is 110 Å². The average molecular weight is 383 g/mol. The Balaban J connectivity index is 1.66. The first kappa shape index (κ1) is 17.0. The molecule has 2 aromatic carbocycles. The number of carbonyl (C=O) groups excluding carboxylic acids is 1. The molecule has 5 rings (SSSR count). The molecule has 0 fully saturated rings. The molecule has 0 aliphatic rings. The van der Waals surface area contributed by atoms with Gasteiger partial charge in [0.2, 0.25) is 0 Å². The molecule has 7 nitrogen and oxygen atoms in total. The number of carbonyl (C=O) groups is 1. The number of nitrogens with two attached hydrogens (primary N) is 1. The van der Waals surface area contributed by atoms with Gasteiger partial charge in [0.05, 0.1) is 6.20 Å². The van der Waals surface area contributed by atoms with E-state index in [-0.39, 0.29) is 5.69 Å². The highest BCUT2D eigenvalue weighted by Gasteiger charge is 2.17. The van der Waals surface area contributed by atoms with Gasteiger partial charge in [-0.25, -0.2) is 4.98 Å². The van der Waals surface area contributed by atoms with Crippen LogP contribution in [0.5, 0.6) is 5.75 Å². The van der Waals surface area contributed by atoms with Gasteiger partial charge in [0.25, 0.3) is 5.91 Å². The largest absolute Gasteiger partial charge is 0.488 e. The first-order valence-corrected chi connectivity index (χ1v) is 9.12. The molecular formula is C22H17N5O2. The van der Waals surface area contributed by atoms with Crippen LogP contribution in [-0.2, 0) is 6.61 Å². The lowest BCUT2D eigenvalue weighted by Gasteiger charge is -2.10. The van der Waals surface area contributed by atoms with Crippen molar-refractivity contribution in [3.8, 4) is 16.9 Å². The molecule has 0 radical (unpaired) electrons.